The Morgan fingerprint density at radius 1 is 0.972 bits per heavy atom. The van der Waals surface area contributed by atoms with Gasteiger partial charge in [0.15, 0.2) is 5.11 Å². The van der Waals surface area contributed by atoms with Crippen molar-refractivity contribution in [2.45, 2.75) is 19.0 Å². The number of rotatable bonds is 8. The Morgan fingerprint density at radius 3 is 2.47 bits per heavy atom. The van der Waals surface area contributed by atoms with E-state index in [1.165, 1.54) is 0 Å². The molecule has 2 atom stereocenters. The summed E-state index contributed by atoms with van der Waals surface area (Å²) >= 11 is 5.84. The molecule has 2 aromatic carbocycles. The van der Waals surface area contributed by atoms with E-state index in [1.54, 1.807) is 20.4 Å². The van der Waals surface area contributed by atoms with Gasteiger partial charge in [0.25, 0.3) is 0 Å². The van der Waals surface area contributed by atoms with Crippen LogP contribution in [0.4, 0.5) is 5.69 Å². The maximum Gasteiger partial charge on any atom is 0.174 e. The zero-order valence-corrected chi connectivity index (χ0v) is 21.1. The Bertz CT molecular complexity index is 1340. The highest BCUT2D eigenvalue weighted by Crippen LogP contribution is 2.46. The molecule has 5 rings (SSSR count). The first kappa shape index (κ1) is 23.7. The van der Waals surface area contributed by atoms with Gasteiger partial charge in [-0.15, -0.1) is 0 Å². The van der Waals surface area contributed by atoms with Gasteiger partial charge < -0.3 is 28.8 Å². The number of hydrogen-bond donors (Lipinski definition) is 1. The number of hydrogen-bond acceptors (Lipinski definition) is 6. The summed E-state index contributed by atoms with van der Waals surface area (Å²) < 4.78 is 23.2. The fourth-order valence-electron chi connectivity index (χ4n) is 4.44. The van der Waals surface area contributed by atoms with Crippen LogP contribution in [-0.4, -0.2) is 30.9 Å². The molecule has 1 N–H and O–H groups in total. The van der Waals surface area contributed by atoms with Gasteiger partial charge in [-0.2, -0.15) is 0 Å². The van der Waals surface area contributed by atoms with Crippen molar-refractivity contribution in [1.29, 1.82) is 0 Å². The highest BCUT2D eigenvalue weighted by atomic mass is 32.1. The molecule has 0 aliphatic carbocycles. The number of pyridine rings is 1. The molecule has 2 unspecified atom stereocenters. The standard InChI is InChI=1S/C28H27N3O4S/c1-4-34-19-10-8-18(9-11-19)23-14-15-25(35-23)27-26(21-7-5-6-16-29-21)30-28(36)31(27)22-17-20(32-2)12-13-24(22)33-3/h5-17,26-27H,4H2,1-3H3,(H,30,36). The van der Waals surface area contributed by atoms with E-state index in [-0.39, 0.29) is 12.1 Å². The molecule has 3 heterocycles. The molecule has 1 fully saturated rings. The minimum absolute atomic E-state index is 0.242. The Kier molecular flexibility index (Phi) is 6.77. The third kappa shape index (κ3) is 4.47. The van der Waals surface area contributed by atoms with Gasteiger partial charge >= 0.3 is 0 Å². The number of benzene rings is 2. The molecule has 2 aromatic heterocycles. The summed E-state index contributed by atoms with van der Waals surface area (Å²) in [6.07, 6.45) is 1.78. The van der Waals surface area contributed by atoms with Gasteiger partial charge in [0, 0.05) is 17.8 Å². The molecule has 1 aliphatic heterocycles. The van der Waals surface area contributed by atoms with Crippen LogP contribution in [0.5, 0.6) is 17.2 Å². The second kappa shape index (κ2) is 10.3. The zero-order chi connectivity index (χ0) is 25.1. The minimum Gasteiger partial charge on any atom is -0.497 e. The number of nitrogens with one attached hydrogen (secondary N) is 1. The maximum absolute atomic E-state index is 6.45. The zero-order valence-electron chi connectivity index (χ0n) is 20.3. The van der Waals surface area contributed by atoms with Crippen molar-refractivity contribution < 1.29 is 18.6 Å². The average molecular weight is 502 g/mol. The lowest BCUT2D eigenvalue weighted by atomic mass is 10.0. The fourth-order valence-corrected chi connectivity index (χ4v) is 4.78. The smallest absolute Gasteiger partial charge is 0.174 e. The average Bonchev–Trinajstić information content (AvgIpc) is 3.54. The van der Waals surface area contributed by atoms with Gasteiger partial charge in [0.2, 0.25) is 0 Å². The second-order valence-electron chi connectivity index (χ2n) is 8.19. The molecule has 0 spiro atoms. The maximum atomic E-state index is 6.45. The molecular formula is C28H27N3O4S. The van der Waals surface area contributed by atoms with Crippen LogP contribution in [0.2, 0.25) is 0 Å². The van der Waals surface area contributed by atoms with E-state index in [0.717, 1.165) is 34.2 Å². The molecule has 1 saturated heterocycles. The normalized spacial score (nSPS) is 17.1. The van der Waals surface area contributed by atoms with Gasteiger partial charge in [-0.1, -0.05) is 6.07 Å². The summed E-state index contributed by atoms with van der Waals surface area (Å²) in [7, 11) is 3.27. The lowest BCUT2D eigenvalue weighted by Crippen LogP contribution is -2.29. The summed E-state index contributed by atoms with van der Waals surface area (Å²) in [5.74, 6) is 3.69. The van der Waals surface area contributed by atoms with Crippen molar-refractivity contribution in [2.24, 2.45) is 0 Å². The molecule has 184 valence electrons. The quantitative estimate of drug-likeness (QED) is 0.298. The van der Waals surface area contributed by atoms with Crippen molar-refractivity contribution in [3.8, 4) is 28.6 Å². The highest BCUT2D eigenvalue weighted by Gasteiger charge is 2.43. The van der Waals surface area contributed by atoms with Crippen molar-refractivity contribution in [3.63, 3.8) is 0 Å². The molecular weight excluding hydrogens is 474 g/mol. The van der Waals surface area contributed by atoms with Crippen molar-refractivity contribution in [3.05, 3.63) is 90.4 Å². The summed E-state index contributed by atoms with van der Waals surface area (Å²) in [6, 6.07) is 22.8. The van der Waals surface area contributed by atoms with Gasteiger partial charge in [-0.05, 0) is 79.8 Å². The molecule has 0 saturated carbocycles. The van der Waals surface area contributed by atoms with Gasteiger partial charge in [0.1, 0.15) is 34.8 Å². The Hall–Kier alpha value is -4.04. The number of furan rings is 1. The number of thiocarbonyl (C=S) groups is 1. The van der Waals surface area contributed by atoms with Crippen LogP contribution >= 0.6 is 12.2 Å². The first-order chi connectivity index (χ1) is 17.6. The van der Waals surface area contributed by atoms with Crippen molar-refractivity contribution >= 4 is 23.0 Å². The third-order valence-corrected chi connectivity index (χ3v) is 6.43. The van der Waals surface area contributed by atoms with E-state index in [9.17, 15) is 0 Å². The second-order valence-corrected chi connectivity index (χ2v) is 8.58. The van der Waals surface area contributed by atoms with Crippen LogP contribution in [0.1, 0.15) is 30.5 Å². The van der Waals surface area contributed by atoms with Gasteiger partial charge in [0.05, 0.1) is 38.2 Å². The van der Waals surface area contributed by atoms with Crippen molar-refractivity contribution in [2.75, 3.05) is 25.7 Å². The molecule has 36 heavy (non-hydrogen) atoms. The first-order valence-electron chi connectivity index (χ1n) is 11.7. The molecule has 0 bridgehead atoms. The lowest BCUT2D eigenvalue weighted by molar-refractivity contribution is 0.340. The van der Waals surface area contributed by atoms with E-state index < -0.39 is 0 Å². The molecule has 8 heteroatoms. The third-order valence-electron chi connectivity index (χ3n) is 6.11. The Labute approximate surface area is 215 Å². The van der Waals surface area contributed by atoms with Crippen LogP contribution < -0.4 is 24.4 Å². The predicted octanol–water partition coefficient (Wildman–Crippen LogP) is 5.93. The monoisotopic (exact) mass is 501 g/mol. The molecule has 0 amide bonds. The highest BCUT2D eigenvalue weighted by molar-refractivity contribution is 7.80. The minimum atomic E-state index is -0.315. The van der Waals surface area contributed by atoms with Crippen LogP contribution in [0.15, 0.2) is 83.4 Å². The van der Waals surface area contributed by atoms with Crippen LogP contribution in [0.25, 0.3) is 11.3 Å². The van der Waals surface area contributed by atoms with Crippen LogP contribution in [-0.2, 0) is 0 Å². The number of anilines is 1. The fraction of sp³-hybridized carbons (Fsp3) is 0.214. The van der Waals surface area contributed by atoms with Gasteiger partial charge in [-0.3, -0.25) is 4.98 Å². The van der Waals surface area contributed by atoms with Gasteiger partial charge in [-0.25, -0.2) is 0 Å². The van der Waals surface area contributed by atoms with E-state index >= 15 is 0 Å². The SMILES string of the molecule is CCOc1ccc(-c2ccc(C3C(c4ccccn4)NC(=S)N3c3cc(OC)ccc3OC)o2)cc1. The Morgan fingerprint density at radius 2 is 1.78 bits per heavy atom. The summed E-state index contributed by atoms with van der Waals surface area (Å²) in [6.45, 7) is 2.59. The van der Waals surface area contributed by atoms with Crippen LogP contribution in [0, 0.1) is 0 Å². The molecule has 0 radical (unpaired) electrons. The van der Waals surface area contributed by atoms with E-state index in [1.807, 2.05) is 84.6 Å². The lowest BCUT2D eigenvalue weighted by Gasteiger charge is -2.27. The number of methoxy groups -OCH3 is 2. The van der Waals surface area contributed by atoms with Crippen molar-refractivity contribution in [1.82, 2.24) is 10.3 Å². The number of aromatic nitrogens is 1. The van der Waals surface area contributed by atoms with E-state index in [2.05, 4.69) is 10.3 Å². The van der Waals surface area contributed by atoms with E-state index in [4.69, 9.17) is 30.8 Å². The number of ether oxygens (including phenoxy) is 3. The van der Waals surface area contributed by atoms with Crippen LogP contribution in [0.3, 0.4) is 0 Å². The predicted molar refractivity (Wildman–Crippen MR) is 143 cm³/mol. The summed E-state index contributed by atoms with van der Waals surface area (Å²) in [5.41, 5.74) is 2.59. The summed E-state index contributed by atoms with van der Waals surface area (Å²) in [4.78, 5) is 6.62. The first-order valence-corrected chi connectivity index (χ1v) is 12.1. The number of nitrogens with zero attached hydrogens (tertiary/aromatic N) is 2. The topological polar surface area (TPSA) is 69.0 Å². The molecule has 4 aromatic rings. The van der Waals surface area contributed by atoms with E-state index in [0.29, 0.717) is 23.2 Å². The molecule has 1 aliphatic rings. The Balaban J connectivity index is 1.59. The largest absolute Gasteiger partial charge is 0.497 e. The summed E-state index contributed by atoms with van der Waals surface area (Å²) in [5, 5.41) is 3.99. The molecule has 7 nitrogen and oxygen atoms in total.